The van der Waals surface area contributed by atoms with Crippen LogP contribution in [0.5, 0.6) is 0 Å². The minimum Gasteiger partial charge on any atom is -0.546 e. The van der Waals surface area contributed by atoms with Crippen LogP contribution in [-0.4, -0.2) is 17.2 Å². The van der Waals surface area contributed by atoms with Gasteiger partial charge in [-0.25, -0.2) is 0 Å². The Kier molecular flexibility index (Phi) is 5.43. The van der Waals surface area contributed by atoms with Gasteiger partial charge in [0.05, 0.1) is 12.9 Å². The zero-order valence-corrected chi connectivity index (χ0v) is 4.86. The summed E-state index contributed by atoms with van der Waals surface area (Å²) < 4.78 is 15.5. The smallest absolute Gasteiger partial charge is 0.340 e. The summed E-state index contributed by atoms with van der Waals surface area (Å²) in [5.41, 5.74) is 0. The molecular weight excluding hydrogens is 111 g/mol. The second-order valence-corrected chi connectivity index (χ2v) is 1.20. The fourth-order valence-corrected chi connectivity index (χ4v) is 0.275. The zero-order valence-electron chi connectivity index (χ0n) is 3.86. The van der Waals surface area contributed by atoms with Crippen molar-refractivity contribution in [1.82, 2.24) is 0 Å². The molecule has 0 fully saturated rings. The summed E-state index contributed by atoms with van der Waals surface area (Å²) >= 11 is 0. The average Bonchev–Trinajstić information content (AvgIpc) is 1.69. The van der Waals surface area contributed by atoms with Gasteiger partial charge in [-0.3, -0.25) is 4.39 Å². The molecule has 0 saturated carbocycles. The van der Waals surface area contributed by atoms with E-state index in [1.165, 1.54) is 6.26 Å². The first-order valence-electron chi connectivity index (χ1n) is 1.95. The molecule has 0 heterocycles. The highest BCUT2D eigenvalue weighted by Gasteiger charge is 1.71. The van der Waals surface area contributed by atoms with Crippen LogP contribution in [0.3, 0.4) is 0 Å². The number of alkyl halides is 1. The van der Waals surface area contributed by atoms with Gasteiger partial charge in [0.1, 0.15) is 0 Å². The molecule has 0 aliphatic heterocycles. The van der Waals surface area contributed by atoms with Crippen LogP contribution in [0.15, 0.2) is 12.3 Å². The molecule has 0 atom stereocenters. The third kappa shape index (κ3) is 5.69. The van der Waals surface area contributed by atoms with Gasteiger partial charge < -0.3 is 4.43 Å². The lowest BCUT2D eigenvalue weighted by Gasteiger charge is -1.81. The van der Waals surface area contributed by atoms with E-state index in [9.17, 15) is 4.39 Å². The molecule has 0 saturated heterocycles. The molecule has 0 aliphatic rings. The van der Waals surface area contributed by atoms with Gasteiger partial charge in [-0.05, 0) is 12.5 Å². The summed E-state index contributed by atoms with van der Waals surface area (Å²) in [4.78, 5) is 0. The van der Waals surface area contributed by atoms with Crippen molar-refractivity contribution in [3.8, 4) is 0 Å². The topological polar surface area (TPSA) is 9.23 Å². The SMILES string of the molecule is FCCC=CO[Si]. The van der Waals surface area contributed by atoms with Crippen molar-refractivity contribution < 1.29 is 8.82 Å². The molecule has 3 radical (unpaired) electrons. The minimum atomic E-state index is -0.327. The Morgan fingerprint density at radius 2 is 2.43 bits per heavy atom. The number of hydrogen-bond donors (Lipinski definition) is 0. The van der Waals surface area contributed by atoms with Crippen molar-refractivity contribution in [3.63, 3.8) is 0 Å². The van der Waals surface area contributed by atoms with Gasteiger partial charge in [0, 0.05) is 0 Å². The summed E-state index contributed by atoms with van der Waals surface area (Å²) in [5, 5.41) is 0. The largest absolute Gasteiger partial charge is 0.546 e. The van der Waals surface area contributed by atoms with Crippen LogP contribution in [0.1, 0.15) is 6.42 Å². The third-order valence-corrected chi connectivity index (χ3v) is 0.576. The Morgan fingerprint density at radius 1 is 1.71 bits per heavy atom. The molecule has 0 spiro atoms. The molecule has 1 nitrogen and oxygen atoms in total. The summed E-state index contributed by atoms with van der Waals surface area (Å²) in [6.07, 6.45) is 3.40. The van der Waals surface area contributed by atoms with Crippen molar-refractivity contribution in [1.29, 1.82) is 0 Å². The number of rotatable bonds is 3. The maximum atomic E-state index is 11.2. The van der Waals surface area contributed by atoms with E-state index in [1.54, 1.807) is 6.08 Å². The molecule has 0 aromatic rings. The molecule has 0 amide bonds. The molecule has 3 heteroatoms. The highest BCUT2D eigenvalue weighted by Crippen LogP contribution is 1.81. The Morgan fingerprint density at radius 3 is 2.86 bits per heavy atom. The van der Waals surface area contributed by atoms with Crippen molar-refractivity contribution in [2.75, 3.05) is 6.67 Å². The predicted molar refractivity (Wildman–Crippen MR) is 26.6 cm³/mol. The second-order valence-electron chi connectivity index (χ2n) is 0.967. The van der Waals surface area contributed by atoms with E-state index in [2.05, 4.69) is 14.9 Å². The van der Waals surface area contributed by atoms with Gasteiger partial charge in [-0.15, -0.1) is 0 Å². The van der Waals surface area contributed by atoms with Gasteiger partial charge in [-0.1, -0.05) is 0 Å². The minimum absolute atomic E-state index is 0.327. The summed E-state index contributed by atoms with van der Waals surface area (Å²) in [7, 11) is 2.71. The van der Waals surface area contributed by atoms with E-state index in [0.29, 0.717) is 6.42 Å². The average molecular weight is 117 g/mol. The summed E-state index contributed by atoms with van der Waals surface area (Å²) in [5.74, 6) is 0. The molecule has 0 aliphatic carbocycles. The quantitative estimate of drug-likeness (QED) is 0.395. The molecule has 0 aromatic heterocycles. The number of halogens is 1. The molecule has 0 unspecified atom stereocenters. The first kappa shape index (κ1) is 6.69. The monoisotopic (exact) mass is 117 g/mol. The van der Waals surface area contributed by atoms with Crippen LogP contribution < -0.4 is 0 Å². The molecule has 0 bridgehead atoms. The van der Waals surface area contributed by atoms with Gasteiger partial charge in [0.2, 0.25) is 0 Å². The Labute approximate surface area is 45.7 Å². The Bertz CT molecular complexity index is 55.7. The van der Waals surface area contributed by atoms with Crippen LogP contribution in [-0.2, 0) is 4.43 Å². The zero-order chi connectivity index (χ0) is 5.54. The fraction of sp³-hybridized carbons (Fsp3) is 0.500. The van der Waals surface area contributed by atoms with E-state index in [4.69, 9.17) is 0 Å². The van der Waals surface area contributed by atoms with Crippen LogP contribution in [0, 0.1) is 0 Å². The van der Waals surface area contributed by atoms with Crippen molar-refractivity contribution in [2.45, 2.75) is 6.42 Å². The normalized spacial score (nSPS) is 10.0. The van der Waals surface area contributed by atoms with Crippen molar-refractivity contribution in [2.24, 2.45) is 0 Å². The second kappa shape index (κ2) is 5.69. The van der Waals surface area contributed by atoms with Gasteiger partial charge in [0.15, 0.2) is 0 Å². The Hall–Kier alpha value is -0.313. The molecule has 0 rings (SSSR count). The number of allylic oxidation sites excluding steroid dienone is 1. The predicted octanol–water partition coefficient (Wildman–Crippen LogP) is 0.960. The maximum absolute atomic E-state index is 11.2. The highest BCUT2D eigenvalue weighted by molar-refractivity contribution is 5.98. The first-order valence-corrected chi connectivity index (χ1v) is 2.36. The van der Waals surface area contributed by atoms with E-state index in [0.717, 1.165) is 0 Å². The third-order valence-electron chi connectivity index (χ3n) is 0.440. The van der Waals surface area contributed by atoms with Crippen LogP contribution >= 0.6 is 0 Å². The summed E-state index contributed by atoms with van der Waals surface area (Å²) in [6.45, 7) is -0.327. The lowest BCUT2D eigenvalue weighted by Crippen LogP contribution is -1.70. The van der Waals surface area contributed by atoms with Crippen LogP contribution in [0.25, 0.3) is 0 Å². The van der Waals surface area contributed by atoms with Crippen molar-refractivity contribution in [3.05, 3.63) is 12.3 Å². The molecular formula is C4H6FOSi. The van der Waals surface area contributed by atoms with E-state index >= 15 is 0 Å². The van der Waals surface area contributed by atoms with Gasteiger partial charge >= 0.3 is 10.5 Å². The fourth-order valence-electron chi connectivity index (χ4n) is 0.179. The maximum Gasteiger partial charge on any atom is 0.340 e. The number of hydrogen-bond acceptors (Lipinski definition) is 1. The molecule has 7 heavy (non-hydrogen) atoms. The van der Waals surface area contributed by atoms with E-state index < -0.39 is 0 Å². The Balaban J connectivity index is 2.78. The van der Waals surface area contributed by atoms with Gasteiger partial charge in [-0.2, -0.15) is 0 Å². The van der Waals surface area contributed by atoms with E-state index in [1.807, 2.05) is 0 Å². The highest BCUT2D eigenvalue weighted by atomic mass is 28.2. The van der Waals surface area contributed by atoms with E-state index in [-0.39, 0.29) is 6.67 Å². The molecule has 0 N–H and O–H groups in total. The van der Waals surface area contributed by atoms with Gasteiger partial charge in [0.25, 0.3) is 0 Å². The van der Waals surface area contributed by atoms with Crippen molar-refractivity contribution >= 4 is 10.5 Å². The molecule has 0 aromatic carbocycles. The molecule has 39 valence electrons. The van der Waals surface area contributed by atoms with Crippen LogP contribution in [0.4, 0.5) is 4.39 Å². The first-order chi connectivity index (χ1) is 3.41. The van der Waals surface area contributed by atoms with Crippen LogP contribution in [0.2, 0.25) is 0 Å². The lowest BCUT2D eigenvalue weighted by molar-refractivity contribution is 0.490. The standard InChI is InChI=1S/C4H6FOSi/c5-3-1-2-4-6-7/h2,4H,1,3H2. The summed E-state index contributed by atoms with van der Waals surface area (Å²) in [6, 6.07) is 0. The lowest BCUT2D eigenvalue weighted by atomic mass is 10.5.